The van der Waals surface area contributed by atoms with Crippen molar-refractivity contribution in [2.24, 2.45) is 0 Å². The van der Waals surface area contributed by atoms with Crippen molar-refractivity contribution < 1.29 is 9.13 Å². The maximum atomic E-state index is 13.8. The molecule has 0 bridgehead atoms. The summed E-state index contributed by atoms with van der Waals surface area (Å²) in [5, 5.41) is 16.5. The third-order valence-electron chi connectivity index (χ3n) is 4.65. The molecule has 0 amide bonds. The number of benzene rings is 3. The summed E-state index contributed by atoms with van der Waals surface area (Å²) in [5.41, 5.74) is 2.42. The van der Waals surface area contributed by atoms with Gasteiger partial charge in [0.15, 0.2) is 0 Å². The average molecular weight is 470 g/mol. The monoisotopic (exact) mass is 469 g/mol. The van der Waals surface area contributed by atoms with Crippen LogP contribution in [0.1, 0.15) is 11.1 Å². The van der Waals surface area contributed by atoms with Gasteiger partial charge in [-0.05, 0) is 52.4 Å². The van der Waals surface area contributed by atoms with E-state index in [0.29, 0.717) is 16.3 Å². The molecular formula is C23H21ClFN5OS. The van der Waals surface area contributed by atoms with Crippen molar-refractivity contribution in [2.45, 2.75) is 18.3 Å². The van der Waals surface area contributed by atoms with Crippen molar-refractivity contribution in [1.82, 2.24) is 25.5 Å². The van der Waals surface area contributed by atoms with Crippen LogP contribution in [0.4, 0.5) is 4.39 Å². The Labute approximate surface area is 194 Å². The first-order chi connectivity index (χ1) is 15.7. The highest BCUT2D eigenvalue weighted by Gasteiger charge is 2.09. The van der Waals surface area contributed by atoms with E-state index in [9.17, 15) is 4.39 Å². The van der Waals surface area contributed by atoms with E-state index in [2.05, 4.69) is 20.8 Å². The molecule has 164 valence electrons. The first-order valence-electron chi connectivity index (χ1n) is 10.0. The maximum absolute atomic E-state index is 13.8. The van der Waals surface area contributed by atoms with Gasteiger partial charge in [-0.1, -0.05) is 59.8 Å². The molecule has 0 fully saturated rings. The number of ether oxygens (including phenoxy) is 1. The van der Waals surface area contributed by atoms with Crippen molar-refractivity contribution in [2.75, 3.05) is 12.3 Å². The Morgan fingerprint density at radius 1 is 1.00 bits per heavy atom. The SMILES string of the molecule is Fc1cccc(Cl)c1COc1ccc(CNCCSc2nnnn2-c2ccccc2)cc1. The number of hydrogen-bond donors (Lipinski definition) is 1. The molecule has 1 heterocycles. The van der Waals surface area contributed by atoms with Gasteiger partial charge in [-0.3, -0.25) is 0 Å². The van der Waals surface area contributed by atoms with Gasteiger partial charge in [-0.15, -0.1) is 5.10 Å². The molecule has 4 rings (SSSR count). The van der Waals surface area contributed by atoms with E-state index in [-0.39, 0.29) is 12.4 Å². The summed E-state index contributed by atoms with van der Waals surface area (Å²) in [7, 11) is 0. The summed E-state index contributed by atoms with van der Waals surface area (Å²) < 4.78 is 21.2. The minimum atomic E-state index is -0.367. The fourth-order valence-electron chi connectivity index (χ4n) is 2.98. The molecule has 0 radical (unpaired) electrons. The number of nitrogens with zero attached hydrogens (tertiary/aromatic N) is 4. The number of para-hydroxylation sites is 1. The minimum Gasteiger partial charge on any atom is -0.489 e. The standard InChI is InChI=1S/C23H21ClFN5OS/c24-21-7-4-8-22(25)20(21)16-31-19-11-9-17(10-12-19)15-26-13-14-32-23-27-28-29-30(23)18-5-2-1-3-6-18/h1-12,26H,13-16H2. The second kappa shape index (κ2) is 11.1. The van der Waals surface area contributed by atoms with Gasteiger partial charge < -0.3 is 10.1 Å². The highest BCUT2D eigenvalue weighted by atomic mass is 35.5. The molecule has 4 aromatic rings. The van der Waals surface area contributed by atoms with E-state index in [0.717, 1.165) is 35.2 Å². The van der Waals surface area contributed by atoms with Crippen molar-refractivity contribution >= 4 is 23.4 Å². The molecule has 0 aliphatic heterocycles. The summed E-state index contributed by atoms with van der Waals surface area (Å²) in [5.74, 6) is 1.13. The Morgan fingerprint density at radius 2 is 1.81 bits per heavy atom. The van der Waals surface area contributed by atoms with Crippen molar-refractivity contribution in [1.29, 1.82) is 0 Å². The molecule has 32 heavy (non-hydrogen) atoms. The normalized spacial score (nSPS) is 10.9. The van der Waals surface area contributed by atoms with Gasteiger partial charge >= 0.3 is 0 Å². The zero-order chi connectivity index (χ0) is 22.2. The molecule has 0 aliphatic carbocycles. The molecule has 3 aromatic carbocycles. The number of rotatable bonds is 10. The molecule has 0 atom stereocenters. The van der Waals surface area contributed by atoms with Gasteiger partial charge in [-0.2, -0.15) is 4.68 Å². The molecule has 0 saturated heterocycles. The summed E-state index contributed by atoms with van der Waals surface area (Å²) in [6.07, 6.45) is 0. The van der Waals surface area contributed by atoms with E-state index in [1.807, 2.05) is 54.6 Å². The summed E-state index contributed by atoms with van der Waals surface area (Å²) in [4.78, 5) is 0. The summed E-state index contributed by atoms with van der Waals surface area (Å²) >= 11 is 7.63. The number of nitrogens with one attached hydrogen (secondary N) is 1. The van der Waals surface area contributed by atoms with Crippen LogP contribution in [0, 0.1) is 5.82 Å². The second-order valence-electron chi connectivity index (χ2n) is 6.87. The molecule has 1 aromatic heterocycles. The van der Waals surface area contributed by atoms with Gasteiger partial charge in [-0.25, -0.2) is 4.39 Å². The van der Waals surface area contributed by atoms with Crippen LogP contribution in [0.2, 0.25) is 5.02 Å². The van der Waals surface area contributed by atoms with Crippen LogP contribution < -0.4 is 10.1 Å². The summed E-state index contributed by atoms with van der Waals surface area (Å²) in [6.45, 7) is 1.61. The van der Waals surface area contributed by atoms with Crippen LogP contribution in [0.3, 0.4) is 0 Å². The third kappa shape index (κ3) is 5.85. The van der Waals surface area contributed by atoms with Crippen LogP contribution in [-0.4, -0.2) is 32.5 Å². The van der Waals surface area contributed by atoms with E-state index >= 15 is 0 Å². The van der Waals surface area contributed by atoms with Gasteiger partial charge in [0.1, 0.15) is 18.2 Å². The molecule has 0 spiro atoms. The molecule has 9 heteroatoms. The van der Waals surface area contributed by atoms with Gasteiger partial charge in [0.25, 0.3) is 0 Å². The zero-order valence-corrected chi connectivity index (χ0v) is 18.7. The molecule has 1 N–H and O–H groups in total. The fourth-order valence-corrected chi connectivity index (χ4v) is 3.98. The lowest BCUT2D eigenvalue weighted by molar-refractivity contribution is 0.300. The Morgan fingerprint density at radius 3 is 2.59 bits per heavy atom. The van der Waals surface area contributed by atoms with Crippen LogP contribution in [-0.2, 0) is 13.2 Å². The van der Waals surface area contributed by atoms with Crippen LogP contribution in [0.5, 0.6) is 5.75 Å². The zero-order valence-electron chi connectivity index (χ0n) is 17.1. The lowest BCUT2D eigenvalue weighted by atomic mass is 10.2. The first kappa shape index (κ1) is 22.3. The Balaban J connectivity index is 1.20. The Kier molecular flexibility index (Phi) is 7.71. The van der Waals surface area contributed by atoms with Crippen LogP contribution >= 0.6 is 23.4 Å². The quantitative estimate of drug-likeness (QED) is 0.263. The molecule has 0 aliphatic rings. The number of aromatic nitrogens is 4. The number of halogens is 2. The molecule has 6 nitrogen and oxygen atoms in total. The van der Waals surface area contributed by atoms with Crippen LogP contribution in [0.25, 0.3) is 5.69 Å². The van der Waals surface area contributed by atoms with Gasteiger partial charge in [0.2, 0.25) is 5.16 Å². The second-order valence-corrected chi connectivity index (χ2v) is 8.34. The number of tetrazole rings is 1. The number of hydrogen-bond acceptors (Lipinski definition) is 6. The Hall–Kier alpha value is -2.94. The van der Waals surface area contributed by atoms with E-state index < -0.39 is 0 Å². The largest absolute Gasteiger partial charge is 0.489 e. The van der Waals surface area contributed by atoms with Gasteiger partial charge in [0.05, 0.1) is 10.7 Å². The molecular weight excluding hydrogens is 449 g/mol. The average Bonchev–Trinajstić information content (AvgIpc) is 3.29. The highest BCUT2D eigenvalue weighted by molar-refractivity contribution is 7.99. The van der Waals surface area contributed by atoms with Crippen molar-refractivity contribution in [3.05, 3.63) is 94.8 Å². The predicted octanol–water partition coefficient (Wildman–Crippen LogP) is 4.92. The van der Waals surface area contributed by atoms with E-state index in [1.165, 1.54) is 6.07 Å². The van der Waals surface area contributed by atoms with Crippen molar-refractivity contribution in [3.8, 4) is 11.4 Å². The number of thioether (sulfide) groups is 1. The van der Waals surface area contributed by atoms with Crippen molar-refractivity contribution in [3.63, 3.8) is 0 Å². The van der Waals surface area contributed by atoms with Gasteiger partial charge in [0, 0.05) is 24.4 Å². The van der Waals surface area contributed by atoms with E-state index in [1.54, 1.807) is 28.6 Å². The minimum absolute atomic E-state index is 0.0861. The Bertz CT molecular complexity index is 1120. The third-order valence-corrected chi connectivity index (χ3v) is 5.92. The highest BCUT2D eigenvalue weighted by Crippen LogP contribution is 2.22. The molecule has 0 unspecified atom stereocenters. The van der Waals surface area contributed by atoms with E-state index in [4.69, 9.17) is 16.3 Å². The topological polar surface area (TPSA) is 64.9 Å². The maximum Gasteiger partial charge on any atom is 0.214 e. The summed E-state index contributed by atoms with van der Waals surface area (Å²) in [6, 6.07) is 22.1. The molecule has 0 saturated carbocycles. The fraction of sp³-hybridized carbons (Fsp3) is 0.174. The predicted molar refractivity (Wildman–Crippen MR) is 124 cm³/mol. The van der Waals surface area contributed by atoms with Crippen LogP contribution in [0.15, 0.2) is 78.0 Å². The lowest BCUT2D eigenvalue weighted by Gasteiger charge is -2.10. The lowest BCUT2D eigenvalue weighted by Crippen LogP contribution is -2.16. The smallest absolute Gasteiger partial charge is 0.214 e. The first-order valence-corrected chi connectivity index (χ1v) is 11.4.